The fraction of sp³-hybridized carbons (Fsp3) is 0.591. The number of aryl methyl sites for hydroxylation is 1. The molecule has 0 spiro atoms. The van der Waals surface area contributed by atoms with E-state index >= 15 is 0 Å². The smallest absolute Gasteiger partial charge is 0.262 e. The van der Waals surface area contributed by atoms with E-state index in [-0.39, 0.29) is 10.4 Å². The van der Waals surface area contributed by atoms with Crippen LogP contribution in [0, 0.1) is 11.3 Å². The van der Waals surface area contributed by atoms with E-state index in [2.05, 4.69) is 35.4 Å². The highest BCUT2D eigenvalue weighted by Crippen LogP contribution is 2.52. The normalized spacial score (nSPS) is 24.5. The molecule has 2 aliphatic rings. The van der Waals surface area contributed by atoms with Crippen molar-refractivity contribution < 1.29 is 13.2 Å². The zero-order valence-corrected chi connectivity index (χ0v) is 18.1. The highest BCUT2D eigenvalue weighted by Gasteiger charge is 2.43. The number of rotatable bonds is 8. The second-order valence-electron chi connectivity index (χ2n) is 8.72. The van der Waals surface area contributed by atoms with Crippen molar-refractivity contribution in [2.45, 2.75) is 43.0 Å². The first kappa shape index (κ1) is 20.6. The quantitative estimate of drug-likeness (QED) is 0.660. The fourth-order valence-electron chi connectivity index (χ4n) is 4.80. The molecule has 4 rings (SSSR count). The van der Waals surface area contributed by atoms with Crippen molar-refractivity contribution in [3.8, 4) is 0 Å². The third kappa shape index (κ3) is 4.42. The van der Waals surface area contributed by atoms with Gasteiger partial charge in [0.05, 0.1) is 6.61 Å². The summed E-state index contributed by atoms with van der Waals surface area (Å²) < 4.78 is 34.4. The predicted octanol–water partition coefficient (Wildman–Crippen LogP) is 3.42. The molecule has 29 heavy (non-hydrogen) atoms. The summed E-state index contributed by atoms with van der Waals surface area (Å²) in [5.74, 6) is 1.45. The van der Waals surface area contributed by atoms with Gasteiger partial charge in [-0.1, -0.05) is 30.3 Å². The minimum Gasteiger partial charge on any atom is -0.384 e. The maximum atomic E-state index is 12.9. The Morgan fingerprint density at radius 3 is 2.52 bits per heavy atom. The summed E-state index contributed by atoms with van der Waals surface area (Å²) in [6.07, 6.45) is 6.92. The summed E-state index contributed by atoms with van der Waals surface area (Å²) in [7, 11) is -0.0213. The highest BCUT2D eigenvalue weighted by atomic mass is 32.2. The molecule has 1 unspecified atom stereocenters. The minimum atomic E-state index is -3.51. The van der Waals surface area contributed by atoms with E-state index in [1.54, 1.807) is 30.7 Å². The van der Waals surface area contributed by atoms with Crippen LogP contribution in [0.3, 0.4) is 0 Å². The number of methoxy groups -OCH3 is 1. The molecule has 1 aromatic carbocycles. The second kappa shape index (κ2) is 8.20. The van der Waals surface area contributed by atoms with E-state index in [0.29, 0.717) is 25.6 Å². The molecule has 0 N–H and O–H groups in total. The Hall–Kier alpha value is -1.70. The van der Waals surface area contributed by atoms with Gasteiger partial charge in [-0.05, 0) is 61.0 Å². The molecule has 2 fully saturated rings. The summed E-state index contributed by atoms with van der Waals surface area (Å²) in [4.78, 5) is 0. The monoisotopic (exact) mass is 417 g/mol. The number of ether oxygens (including phenoxy) is 1. The van der Waals surface area contributed by atoms with Crippen LogP contribution in [0.5, 0.6) is 0 Å². The molecule has 1 aliphatic heterocycles. The van der Waals surface area contributed by atoms with E-state index in [0.717, 1.165) is 25.2 Å². The highest BCUT2D eigenvalue weighted by molar-refractivity contribution is 7.89. The molecule has 158 valence electrons. The molecule has 0 bridgehead atoms. The number of hydrogen-bond donors (Lipinski definition) is 0. The molecule has 1 saturated heterocycles. The molecular formula is C22H31N3O3S. The molecule has 1 saturated carbocycles. The lowest BCUT2D eigenvalue weighted by Gasteiger charge is -2.41. The zero-order valence-electron chi connectivity index (χ0n) is 17.3. The second-order valence-corrected chi connectivity index (χ2v) is 10.6. The molecule has 2 heterocycles. The molecule has 0 radical (unpaired) electrons. The Morgan fingerprint density at radius 2 is 1.90 bits per heavy atom. The van der Waals surface area contributed by atoms with Crippen LogP contribution in [0.25, 0.3) is 0 Å². The summed E-state index contributed by atoms with van der Waals surface area (Å²) in [5, 5.41) is 4.24. The summed E-state index contributed by atoms with van der Waals surface area (Å²) in [5.41, 5.74) is 1.53. The lowest BCUT2D eigenvalue weighted by molar-refractivity contribution is 0.0298. The molecule has 6 nitrogen and oxygen atoms in total. The van der Waals surface area contributed by atoms with Crippen molar-refractivity contribution in [1.82, 2.24) is 14.1 Å². The Morgan fingerprint density at radius 1 is 1.17 bits per heavy atom. The zero-order chi connectivity index (χ0) is 20.5. The number of piperidine rings is 1. The molecule has 1 aromatic heterocycles. The first-order chi connectivity index (χ1) is 13.9. The van der Waals surface area contributed by atoms with E-state index < -0.39 is 10.0 Å². The Kier molecular flexibility index (Phi) is 5.82. The number of sulfonamides is 1. The van der Waals surface area contributed by atoms with Gasteiger partial charge in [-0.15, -0.1) is 0 Å². The maximum Gasteiger partial charge on any atom is 0.262 e. The maximum absolute atomic E-state index is 12.9. The summed E-state index contributed by atoms with van der Waals surface area (Å²) >= 11 is 0. The first-order valence-corrected chi connectivity index (χ1v) is 11.9. The molecule has 2 atom stereocenters. The van der Waals surface area contributed by atoms with Crippen molar-refractivity contribution in [1.29, 1.82) is 0 Å². The Balaban J connectivity index is 1.35. The van der Waals surface area contributed by atoms with Crippen molar-refractivity contribution in [2.75, 3.05) is 26.8 Å². The summed E-state index contributed by atoms with van der Waals surface area (Å²) in [6, 6.07) is 12.3. The Labute approximate surface area is 173 Å². The predicted molar refractivity (Wildman–Crippen MR) is 112 cm³/mol. The average Bonchev–Trinajstić information content (AvgIpc) is 3.38. The van der Waals surface area contributed by atoms with Crippen LogP contribution in [0.2, 0.25) is 0 Å². The van der Waals surface area contributed by atoms with Crippen molar-refractivity contribution in [3.05, 3.63) is 48.2 Å². The van der Waals surface area contributed by atoms with Gasteiger partial charge in [0.15, 0.2) is 5.03 Å². The lowest BCUT2D eigenvalue weighted by atomic mass is 9.75. The van der Waals surface area contributed by atoms with Gasteiger partial charge in [0.25, 0.3) is 10.0 Å². The molecular weight excluding hydrogens is 386 g/mol. The van der Waals surface area contributed by atoms with E-state index in [1.165, 1.54) is 23.1 Å². The fourth-order valence-corrected chi connectivity index (χ4v) is 6.20. The number of hydrogen-bond acceptors (Lipinski definition) is 4. The lowest BCUT2D eigenvalue weighted by Crippen LogP contribution is -2.45. The van der Waals surface area contributed by atoms with Crippen LogP contribution < -0.4 is 0 Å². The van der Waals surface area contributed by atoms with Gasteiger partial charge in [-0.3, -0.25) is 4.68 Å². The van der Waals surface area contributed by atoms with Crippen LogP contribution in [-0.4, -0.2) is 49.3 Å². The van der Waals surface area contributed by atoms with Crippen LogP contribution in [0.4, 0.5) is 0 Å². The standard InChI is InChI=1S/C22H31N3O3S/c1-24-13-9-21(23-24)29(26,27)25-14-11-22(12-15-25,17-28-2)10-8-19-16-20(19)18-6-4-3-5-7-18/h3-7,9,13,19-20H,8,10-12,14-17H2,1-2H3/t19-,20?/m1/s1. The van der Waals surface area contributed by atoms with Gasteiger partial charge in [-0.25, -0.2) is 8.42 Å². The van der Waals surface area contributed by atoms with Crippen molar-refractivity contribution in [2.24, 2.45) is 18.4 Å². The number of aromatic nitrogens is 2. The van der Waals surface area contributed by atoms with Crippen LogP contribution in [0.1, 0.15) is 43.6 Å². The van der Waals surface area contributed by atoms with E-state index in [1.807, 2.05) is 0 Å². The average molecular weight is 418 g/mol. The Bertz CT molecular complexity index is 918. The first-order valence-electron chi connectivity index (χ1n) is 10.5. The SMILES string of the molecule is COCC1(CC[C@@H]2CC2c2ccccc2)CCN(S(=O)(=O)c2ccn(C)n2)CC1. The van der Waals surface area contributed by atoms with Gasteiger partial charge >= 0.3 is 0 Å². The van der Waals surface area contributed by atoms with Crippen molar-refractivity contribution in [3.63, 3.8) is 0 Å². The van der Waals surface area contributed by atoms with Gasteiger partial charge in [-0.2, -0.15) is 9.40 Å². The third-order valence-electron chi connectivity index (χ3n) is 6.72. The van der Waals surface area contributed by atoms with Gasteiger partial charge in [0, 0.05) is 33.4 Å². The minimum absolute atomic E-state index is 0.0781. The van der Waals surface area contributed by atoms with Gasteiger partial charge < -0.3 is 4.74 Å². The van der Waals surface area contributed by atoms with E-state index in [9.17, 15) is 8.42 Å². The number of nitrogens with zero attached hydrogens (tertiary/aromatic N) is 3. The largest absolute Gasteiger partial charge is 0.384 e. The van der Waals surface area contributed by atoms with Crippen molar-refractivity contribution >= 4 is 10.0 Å². The van der Waals surface area contributed by atoms with E-state index in [4.69, 9.17) is 4.74 Å². The van der Waals surface area contributed by atoms with Crippen LogP contribution >= 0.6 is 0 Å². The molecule has 0 amide bonds. The molecule has 7 heteroatoms. The molecule has 1 aliphatic carbocycles. The van der Waals surface area contributed by atoms with Gasteiger partial charge in [0.2, 0.25) is 0 Å². The molecule has 2 aromatic rings. The number of benzene rings is 1. The topological polar surface area (TPSA) is 64.4 Å². The van der Waals surface area contributed by atoms with Gasteiger partial charge in [0.1, 0.15) is 0 Å². The van der Waals surface area contributed by atoms with Crippen LogP contribution in [0.15, 0.2) is 47.6 Å². The van der Waals surface area contributed by atoms with Crippen LogP contribution in [-0.2, 0) is 21.8 Å². The third-order valence-corrected chi connectivity index (χ3v) is 8.51. The summed E-state index contributed by atoms with van der Waals surface area (Å²) in [6.45, 7) is 1.78.